The molecule has 1 rings (SSSR count). The number of carbonyl (C=O) groups excluding carboxylic acids is 1. The van der Waals surface area contributed by atoms with Crippen LogP contribution in [0, 0.1) is 24.7 Å². The topological polar surface area (TPSA) is 49.3 Å². The monoisotopic (exact) mass is 265 g/mol. The molecular formula is C14H19NO2S. The Labute approximate surface area is 112 Å². The van der Waals surface area contributed by atoms with Crippen LogP contribution >= 0.6 is 11.3 Å². The number of amides is 1. The van der Waals surface area contributed by atoms with Crippen LogP contribution in [0.4, 0.5) is 0 Å². The molecule has 0 fully saturated rings. The van der Waals surface area contributed by atoms with Gasteiger partial charge in [-0.1, -0.05) is 25.7 Å². The van der Waals surface area contributed by atoms with Crippen LogP contribution in [-0.2, 0) is 0 Å². The lowest BCUT2D eigenvalue weighted by Gasteiger charge is -2.05. The van der Waals surface area contributed by atoms with Crippen molar-refractivity contribution in [2.75, 3.05) is 13.2 Å². The van der Waals surface area contributed by atoms with Crippen LogP contribution in [0.2, 0.25) is 0 Å². The smallest absolute Gasteiger partial charge is 0.261 e. The molecule has 0 radical (unpaired) electrons. The number of hydrogen-bond acceptors (Lipinski definition) is 3. The van der Waals surface area contributed by atoms with Gasteiger partial charge in [-0.15, -0.1) is 11.3 Å². The third-order valence-corrected chi connectivity index (χ3v) is 3.58. The summed E-state index contributed by atoms with van der Waals surface area (Å²) < 4.78 is 0. The van der Waals surface area contributed by atoms with Crippen LogP contribution < -0.4 is 5.32 Å². The molecule has 0 bridgehead atoms. The molecule has 0 aliphatic heterocycles. The minimum Gasteiger partial charge on any atom is -0.384 e. The lowest BCUT2D eigenvalue weighted by Crippen LogP contribution is -2.24. The first-order valence-corrected chi connectivity index (χ1v) is 6.84. The van der Waals surface area contributed by atoms with Crippen molar-refractivity contribution in [2.24, 2.45) is 5.92 Å². The fraction of sp³-hybridized carbons (Fsp3) is 0.500. The van der Waals surface area contributed by atoms with Crippen molar-refractivity contribution in [3.8, 4) is 11.8 Å². The number of aliphatic hydroxyl groups excluding tert-OH is 1. The fourth-order valence-corrected chi connectivity index (χ4v) is 2.36. The Morgan fingerprint density at radius 3 is 2.89 bits per heavy atom. The summed E-state index contributed by atoms with van der Waals surface area (Å²) in [5.74, 6) is 5.99. The van der Waals surface area contributed by atoms with Gasteiger partial charge in [-0.2, -0.15) is 0 Å². The Morgan fingerprint density at radius 2 is 2.28 bits per heavy atom. The van der Waals surface area contributed by atoms with Crippen molar-refractivity contribution in [1.29, 1.82) is 0 Å². The average molecular weight is 265 g/mol. The van der Waals surface area contributed by atoms with Gasteiger partial charge in [0.2, 0.25) is 0 Å². The number of aryl methyl sites for hydroxylation is 1. The van der Waals surface area contributed by atoms with Crippen molar-refractivity contribution in [3.05, 3.63) is 21.4 Å². The number of nitrogens with one attached hydrogen (secondary N) is 1. The minimum atomic E-state index is -0.159. The highest BCUT2D eigenvalue weighted by Crippen LogP contribution is 2.20. The molecule has 18 heavy (non-hydrogen) atoms. The number of rotatable bonds is 4. The van der Waals surface area contributed by atoms with Crippen LogP contribution in [0.1, 0.15) is 40.4 Å². The fourth-order valence-electron chi connectivity index (χ4n) is 1.40. The summed E-state index contributed by atoms with van der Waals surface area (Å²) in [6, 6.07) is 1.84. The van der Waals surface area contributed by atoms with E-state index in [0.29, 0.717) is 17.3 Å². The Bertz CT molecular complexity index is 466. The number of hydrogen-bond donors (Lipinski definition) is 2. The molecule has 1 heterocycles. The summed E-state index contributed by atoms with van der Waals surface area (Å²) in [7, 11) is 0. The average Bonchev–Trinajstić information content (AvgIpc) is 2.67. The van der Waals surface area contributed by atoms with Gasteiger partial charge in [-0.3, -0.25) is 4.79 Å². The maximum Gasteiger partial charge on any atom is 0.261 e. The van der Waals surface area contributed by atoms with E-state index in [2.05, 4.69) is 31.0 Å². The molecule has 1 aromatic rings. The highest BCUT2D eigenvalue weighted by atomic mass is 32.1. The van der Waals surface area contributed by atoms with Crippen molar-refractivity contribution >= 4 is 17.2 Å². The van der Waals surface area contributed by atoms with Gasteiger partial charge in [0.1, 0.15) is 6.61 Å². The van der Waals surface area contributed by atoms with E-state index >= 15 is 0 Å². The predicted molar refractivity (Wildman–Crippen MR) is 74.8 cm³/mol. The third-order valence-electron chi connectivity index (χ3n) is 2.43. The number of aliphatic hydroxyl groups is 1. The second-order valence-corrected chi connectivity index (χ2v) is 5.57. The van der Waals surface area contributed by atoms with Crippen molar-refractivity contribution in [1.82, 2.24) is 5.32 Å². The van der Waals surface area contributed by atoms with Gasteiger partial charge >= 0.3 is 0 Å². The molecule has 0 aliphatic rings. The largest absolute Gasteiger partial charge is 0.384 e. The van der Waals surface area contributed by atoms with E-state index in [1.165, 1.54) is 11.3 Å². The SMILES string of the molecule is Cc1cc(C(=O)NCCC(C)C)sc1C#CCO. The highest BCUT2D eigenvalue weighted by molar-refractivity contribution is 7.14. The molecule has 98 valence electrons. The quantitative estimate of drug-likeness (QED) is 0.820. The van der Waals surface area contributed by atoms with E-state index < -0.39 is 0 Å². The molecule has 1 amide bonds. The van der Waals surface area contributed by atoms with Gasteiger partial charge in [0, 0.05) is 6.54 Å². The van der Waals surface area contributed by atoms with E-state index in [0.717, 1.165) is 16.9 Å². The Balaban J connectivity index is 2.64. The minimum absolute atomic E-state index is 0.0409. The Hall–Kier alpha value is -1.31. The van der Waals surface area contributed by atoms with E-state index in [1.54, 1.807) is 0 Å². The van der Waals surface area contributed by atoms with Crippen LogP contribution in [-0.4, -0.2) is 24.2 Å². The first kappa shape index (κ1) is 14.7. The Kier molecular flexibility index (Phi) is 5.90. The zero-order chi connectivity index (χ0) is 13.5. The standard InChI is InChI=1S/C14H19NO2S/c1-10(2)6-7-15-14(17)13-9-11(3)12(18-13)5-4-8-16/h9-10,16H,6-8H2,1-3H3,(H,15,17). The molecule has 0 saturated carbocycles. The zero-order valence-electron chi connectivity index (χ0n) is 11.0. The molecular weight excluding hydrogens is 246 g/mol. The zero-order valence-corrected chi connectivity index (χ0v) is 11.9. The van der Waals surface area contributed by atoms with Crippen LogP contribution in [0.3, 0.4) is 0 Å². The first-order chi connectivity index (χ1) is 8.54. The predicted octanol–water partition coefficient (Wildman–Crippen LogP) is 2.18. The van der Waals surface area contributed by atoms with Crippen molar-refractivity contribution < 1.29 is 9.90 Å². The summed E-state index contributed by atoms with van der Waals surface area (Å²) in [4.78, 5) is 13.4. The molecule has 0 atom stereocenters. The van der Waals surface area contributed by atoms with Gasteiger partial charge in [-0.05, 0) is 30.9 Å². The van der Waals surface area contributed by atoms with Gasteiger partial charge in [0.05, 0.1) is 9.75 Å². The van der Waals surface area contributed by atoms with E-state index in [9.17, 15) is 4.79 Å². The van der Waals surface area contributed by atoms with Gasteiger partial charge < -0.3 is 10.4 Å². The third kappa shape index (κ3) is 4.52. The summed E-state index contributed by atoms with van der Waals surface area (Å²) >= 11 is 1.37. The van der Waals surface area contributed by atoms with Crippen LogP contribution in [0.5, 0.6) is 0 Å². The number of carbonyl (C=O) groups is 1. The Morgan fingerprint density at radius 1 is 1.56 bits per heavy atom. The molecule has 0 spiro atoms. The lowest BCUT2D eigenvalue weighted by atomic mass is 10.1. The van der Waals surface area contributed by atoms with E-state index in [1.807, 2.05) is 13.0 Å². The highest BCUT2D eigenvalue weighted by Gasteiger charge is 2.11. The molecule has 0 aliphatic carbocycles. The second-order valence-electron chi connectivity index (χ2n) is 4.52. The molecule has 1 aromatic heterocycles. The van der Waals surface area contributed by atoms with E-state index in [4.69, 9.17) is 5.11 Å². The molecule has 2 N–H and O–H groups in total. The van der Waals surface area contributed by atoms with Crippen LogP contribution in [0.15, 0.2) is 6.07 Å². The van der Waals surface area contributed by atoms with Gasteiger partial charge in [0.25, 0.3) is 5.91 Å². The van der Waals surface area contributed by atoms with Crippen molar-refractivity contribution in [2.45, 2.75) is 27.2 Å². The first-order valence-electron chi connectivity index (χ1n) is 6.03. The summed E-state index contributed by atoms with van der Waals surface area (Å²) in [5, 5.41) is 11.6. The normalized spacial score (nSPS) is 10.1. The summed E-state index contributed by atoms with van der Waals surface area (Å²) in [6.07, 6.45) is 0.979. The molecule has 4 heteroatoms. The van der Waals surface area contributed by atoms with E-state index in [-0.39, 0.29) is 12.5 Å². The molecule has 0 unspecified atom stereocenters. The second kappa shape index (κ2) is 7.20. The molecule has 3 nitrogen and oxygen atoms in total. The maximum absolute atomic E-state index is 11.9. The number of thiophene rings is 1. The van der Waals surface area contributed by atoms with Gasteiger partial charge in [0.15, 0.2) is 0 Å². The molecule has 0 aromatic carbocycles. The summed E-state index contributed by atoms with van der Waals surface area (Å²) in [6.45, 7) is 6.72. The summed E-state index contributed by atoms with van der Waals surface area (Å²) in [5.41, 5.74) is 0.981. The van der Waals surface area contributed by atoms with Crippen molar-refractivity contribution in [3.63, 3.8) is 0 Å². The molecule has 0 saturated heterocycles. The maximum atomic E-state index is 11.9. The van der Waals surface area contributed by atoms with Gasteiger partial charge in [-0.25, -0.2) is 0 Å². The lowest BCUT2D eigenvalue weighted by molar-refractivity contribution is 0.0956. The van der Waals surface area contributed by atoms with Crippen LogP contribution in [0.25, 0.3) is 0 Å².